The van der Waals surface area contributed by atoms with Gasteiger partial charge in [0.2, 0.25) is 5.91 Å². The van der Waals surface area contributed by atoms with Crippen LogP contribution in [0.3, 0.4) is 0 Å². The van der Waals surface area contributed by atoms with Crippen molar-refractivity contribution in [2.24, 2.45) is 0 Å². The zero-order valence-electron chi connectivity index (χ0n) is 13.5. The van der Waals surface area contributed by atoms with Crippen LogP contribution in [0.25, 0.3) is 0 Å². The van der Waals surface area contributed by atoms with E-state index < -0.39 is 5.97 Å². The molecule has 0 saturated carbocycles. The molecule has 126 valence electrons. The van der Waals surface area contributed by atoms with Crippen LogP contribution in [-0.4, -0.2) is 40.3 Å². The largest absolute Gasteiger partial charge is 0.465 e. The Morgan fingerprint density at radius 2 is 2.26 bits per heavy atom. The molecule has 2 heterocycles. The quantitative estimate of drug-likeness (QED) is 0.616. The smallest absolute Gasteiger partial charge is 0.325 e. The van der Waals surface area contributed by atoms with Gasteiger partial charge in [-0.1, -0.05) is 25.6 Å². The molecule has 1 amide bonds. The van der Waals surface area contributed by atoms with Gasteiger partial charge in [-0.25, -0.2) is 4.98 Å². The maximum atomic E-state index is 12.3. The van der Waals surface area contributed by atoms with Crippen LogP contribution in [0.15, 0.2) is 16.0 Å². The maximum absolute atomic E-state index is 12.3. The molecular weight excluding hydrogens is 318 g/mol. The van der Waals surface area contributed by atoms with E-state index in [1.165, 1.54) is 17.8 Å². The molecule has 2 rings (SSSR count). The number of fused-ring (bicyclic) bond motifs is 1. The van der Waals surface area contributed by atoms with Crippen molar-refractivity contribution in [2.75, 3.05) is 18.9 Å². The summed E-state index contributed by atoms with van der Waals surface area (Å²) in [6.45, 7) is 5.80. The van der Waals surface area contributed by atoms with Gasteiger partial charge in [-0.2, -0.15) is 0 Å². The van der Waals surface area contributed by atoms with Crippen molar-refractivity contribution < 1.29 is 14.3 Å². The molecule has 1 unspecified atom stereocenters. The highest BCUT2D eigenvalue weighted by Crippen LogP contribution is 2.32. The molecule has 0 saturated heterocycles. The minimum absolute atomic E-state index is 0.133. The van der Waals surface area contributed by atoms with E-state index in [1.54, 1.807) is 11.5 Å². The van der Waals surface area contributed by atoms with Gasteiger partial charge < -0.3 is 10.1 Å². The summed E-state index contributed by atoms with van der Waals surface area (Å²) < 4.78 is 6.32. The van der Waals surface area contributed by atoms with Gasteiger partial charge >= 0.3 is 5.97 Å². The summed E-state index contributed by atoms with van der Waals surface area (Å²) >= 11 is 1.48. The molecular formula is C15H21N3O4S. The summed E-state index contributed by atoms with van der Waals surface area (Å²) in [5, 5.41) is 3.17. The van der Waals surface area contributed by atoms with Gasteiger partial charge in [-0.15, -0.1) is 0 Å². The molecule has 0 fully saturated rings. The van der Waals surface area contributed by atoms with E-state index in [9.17, 15) is 14.4 Å². The fourth-order valence-corrected chi connectivity index (χ4v) is 3.44. The predicted molar refractivity (Wildman–Crippen MR) is 86.6 cm³/mol. The fourth-order valence-electron chi connectivity index (χ4n) is 2.29. The van der Waals surface area contributed by atoms with Crippen LogP contribution in [0.2, 0.25) is 0 Å². The molecule has 1 aromatic heterocycles. The first-order chi connectivity index (χ1) is 10.9. The maximum Gasteiger partial charge on any atom is 0.325 e. The summed E-state index contributed by atoms with van der Waals surface area (Å²) in [7, 11) is 0. The third-order valence-corrected chi connectivity index (χ3v) is 4.55. The minimum Gasteiger partial charge on any atom is -0.465 e. The number of aromatic nitrogens is 2. The van der Waals surface area contributed by atoms with Gasteiger partial charge in [0.1, 0.15) is 6.54 Å². The average molecular weight is 339 g/mol. The molecule has 0 aromatic carbocycles. The molecule has 0 bridgehead atoms. The van der Waals surface area contributed by atoms with E-state index in [0.29, 0.717) is 10.9 Å². The van der Waals surface area contributed by atoms with Crippen LogP contribution in [0.4, 0.5) is 0 Å². The number of esters is 1. The van der Waals surface area contributed by atoms with Crippen molar-refractivity contribution in [3.63, 3.8) is 0 Å². The first-order valence-corrected chi connectivity index (χ1v) is 8.59. The molecule has 8 heteroatoms. The van der Waals surface area contributed by atoms with E-state index in [2.05, 4.69) is 10.3 Å². The first-order valence-electron chi connectivity index (χ1n) is 7.61. The van der Waals surface area contributed by atoms with E-state index in [1.807, 2.05) is 13.8 Å². The van der Waals surface area contributed by atoms with Gasteiger partial charge in [0.25, 0.3) is 5.56 Å². The molecule has 1 aliphatic heterocycles. The van der Waals surface area contributed by atoms with Gasteiger partial charge in [-0.3, -0.25) is 19.0 Å². The van der Waals surface area contributed by atoms with Gasteiger partial charge in [0.05, 0.1) is 18.3 Å². The third kappa shape index (κ3) is 4.34. The Kier molecular flexibility index (Phi) is 5.81. The highest BCUT2D eigenvalue weighted by Gasteiger charge is 2.28. The zero-order chi connectivity index (χ0) is 17.0. The summed E-state index contributed by atoms with van der Waals surface area (Å²) in [5.41, 5.74) is 0.632. The monoisotopic (exact) mass is 339 g/mol. The highest BCUT2D eigenvalue weighted by atomic mass is 32.2. The molecule has 0 spiro atoms. The number of hydrogen-bond acceptors (Lipinski definition) is 6. The predicted octanol–water partition coefficient (Wildman–Crippen LogP) is 1.08. The summed E-state index contributed by atoms with van der Waals surface area (Å²) in [4.78, 5) is 39.9. The molecule has 23 heavy (non-hydrogen) atoms. The van der Waals surface area contributed by atoms with Crippen molar-refractivity contribution in [1.82, 2.24) is 14.9 Å². The Labute approximate surface area is 138 Å². The average Bonchev–Trinajstić information content (AvgIpc) is 2.89. The van der Waals surface area contributed by atoms with E-state index in [-0.39, 0.29) is 43.0 Å². The second-order valence-corrected chi connectivity index (χ2v) is 6.56. The second-order valence-electron chi connectivity index (χ2n) is 5.58. The number of nitrogens with one attached hydrogen (secondary N) is 1. The van der Waals surface area contributed by atoms with Crippen molar-refractivity contribution in [2.45, 2.75) is 44.3 Å². The number of rotatable bonds is 6. The van der Waals surface area contributed by atoms with E-state index in [0.717, 1.165) is 5.69 Å². The first kappa shape index (κ1) is 17.5. The van der Waals surface area contributed by atoms with Crippen molar-refractivity contribution >= 4 is 23.6 Å². The zero-order valence-corrected chi connectivity index (χ0v) is 14.3. The van der Waals surface area contributed by atoms with Crippen LogP contribution in [0.5, 0.6) is 0 Å². The molecule has 0 radical (unpaired) electrons. The topological polar surface area (TPSA) is 90.3 Å². The standard InChI is InChI=1S/C15H21N3O4S/c1-4-22-14(21)7-16-12(19)5-10-8-23-15-17-11(9(2)3)6-13(20)18(10)15/h6,9-10H,4-5,7-8H2,1-3H3,(H,16,19). The number of carbonyl (C=O) groups is 2. The fraction of sp³-hybridized carbons (Fsp3) is 0.600. The van der Waals surface area contributed by atoms with Crippen LogP contribution in [0, 0.1) is 0 Å². The molecule has 1 aromatic rings. The molecule has 7 nitrogen and oxygen atoms in total. The number of nitrogens with zero attached hydrogens (tertiary/aromatic N) is 2. The Hall–Kier alpha value is -1.83. The summed E-state index contributed by atoms with van der Waals surface area (Å²) in [5.74, 6) is 0.0521. The number of amides is 1. The Bertz CT molecular complexity index is 657. The van der Waals surface area contributed by atoms with E-state index >= 15 is 0 Å². The SMILES string of the molecule is CCOC(=O)CNC(=O)CC1CSc2nc(C(C)C)cc(=O)n21. The van der Waals surface area contributed by atoms with Gasteiger partial charge in [0, 0.05) is 18.2 Å². The number of carbonyl (C=O) groups excluding carboxylic acids is 2. The third-order valence-electron chi connectivity index (χ3n) is 3.46. The van der Waals surface area contributed by atoms with Crippen molar-refractivity contribution in [3.8, 4) is 0 Å². The Balaban J connectivity index is 2.02. The van der Waals surface area contributed by atoms with E-state index in [4.69, 9.17) is 4.74 Å². The van der Waals surface area contributed by atoms with Gasteiger partial charge in [-0.05, 0) is 12.8 Å². The second kappa shape index (κ2) is 7.63. The molecule has 1 aliphatic rings. The summed E-state index contributed by atoms with van der Waals surface area (Å²) in [6, 6.07) is 1.29. The van der Waals surface area contributed by atoms with Crippen LogP contribution in [-0.2, 0) is 14.3 Å². The number of thioether (sulfide) groups is 1. The molecule has 1 atom stereocenters. The lowest BCUT2D eigenvalue weighted by Crippen LogP contribution is -2.34. The summed E-state index contributed by atoms with van der Waals surface area (Å²) in [6.07, 6.45) is 0.141. The Morgan fingerprint density at radius 1 is 1.52 bits per heavy atom. The lowest BCUT2D eigenvalue weighted by Gasteiger charge is -2.14. The van der Waals surface area contributed by atoms with Gasteiger partial charge in [0.15, 0.2) is 5.16 Å². The number of hydrogen-bond donors (Lipinski definition) is 1. The normalized spacial score (nSPS) is 16.3. The van der Waals surface area contributed by atoms with Crippen LogP contribution >= 0.6 is 11.8 Å². The number of ether oxygens (including phenoxy) is 1. The Morgan fingerprint density at radius 3 is 2.91 bits per heavy atom. The minimum atomic E-state index is -0.470. The van der Waals surface area contributed by atoms with Crippen molar-refractivity contribution in [1.29, 1.82) is 0 Å². The van der Waals surface area contributed by atoms with Crippen LogP contribution < -0.4 is 10.9 Å². The lowest BCUT2D eigenvalue weighted by atomic mass is 10.1. The lowest BCUT2D eigenvalue weighted by molar-refractivity contribution is -0.143. The van der Waals surface area contributed by atoms with Crippen LogP contribution in [0.1, 0.15) is 44.8 Å². The van der Waals surface area contributed by atoms with Crippen molar-refractivity contribution in [3.05, 3.63) is 22.1 Å². The highest BCUT2D eigenvalue weighted by molar-refractivity contribution is 7.99. The molecule has 0 aliphatic carbocycles. The molecule has 1 N–H and O–H groups in total.